The van der Waals surface area contributed by atoms with Crippen molar-refractivity contribution in [2.24, 2.45) is 0 Å². The Labute approximate surface area is 172 Å². The molecule has 0 aliphatic heterocycles. The van der Waals surface area contributed by atoms with Crippen molar-refractivity contribution >= 4 is 34.2 Å². The van der Waals surface area contributed by atoms with Gasteiger partial charge in [-0.15, -0.1) is 0 Å². The highest BCUT2D eigenvalue weighted by atomic mass is 35.5. The van der Waals surface area contributed by atoms with Gasteiger partial charge in [0.2, 0.25) is 0 Å². The lowest BCUT2D eigenvalue weighted by molar-refractivity contribution is 0.102. The lowest BCUT2D eigenvalue weighted by Gasteiger charge is -2.09. The van der Waals surface area contributed by atoms with Crippen molar-refractivity contribution in [3.8, 4) is 5.69 Å². The van der Waals surface area contributed by atoms with Crippen LogP contribution < -0.4 is 5.32 Å². The van der Waals surface area contributed by atoms with E-state index in [0.717, 1.165) is 11.3 Å². The molecule has 7 heteroatoms. The minimum absolute atomic E-state index is 0.0863. The number of para-hydroxylation sites is 1. The molecule has 0 aliphatic carbocycles. The van der Waals surface area contributed by atoms with Crippen LogP contribution in [-0.4, -0.2) is 32.4 Å². The first-order chi connectivity index (χ1) is 14.1. The molecule has 0 radical (unpaired) electrons. The lowest BCUT2D eigenvalue weighted by Crippen LogP contribution is -2.13. The van der Waals surface area contributed by atoms with Gasteiger partial charge >= 0.3 is 0 Å². The number of carbonyl (C=O) groups is 1. The second-order valence-electron chi connectivity index (χ2n) is 6.64. The molecule has 0 aliphatic rings. The maximum atomic E-state index is 12.8. The van der Waals surface area contributed by atoms with Crippen LogP contribution in [0.3, 0.4) is 0 Å². The SMILES string of the molecule is Cc1nn(-c2ccccc2)c2ncc(C(=O)Nc3ccc(CCO)cc3)c(Cl)c12. The van der Waals surface area contributed by atoms with E-state index in [4.69, 9.17) is 16.7 Å². The molecule has 2 aromatic carbocycles. The van der Waals surface area contributed by atoms with Crippen molar-refractivity contribution in [3.05, 3.63) is 82.6 Å². The predicted octanol–water partition coefficient (Wildman–Crippen LogP) is 4.17. The minimum Gasteiger partial charge on any atom is -0.396 e. The normalized spacial score (nSPS) is 11.0. The standard InChI is InChI=1S/C22H19ClN4O2/c1-14-19-20(23)18(22(29)25-16-9-7-15(8-10-16)11-12-28)13-24-21(19)27(26-14)17-5-3-2-4-6-17/h2-10,13,28H,11-12H2,1H3,(H,25,29). The highest BCUT2D eigenvalue weighted by Gasteiger charge is 2.20. The molecule has 1 amide bonds. The number of fused-ring (bicyclic) bond motifs is 1. The van der Waals surface area contributed by atoms with Crippen molar-refractivity contribution in [3.63, 3.8) is 0 Å². The van der Waals surface area contributed by atoms with Crippen LogP contribution in [0.15, 0.2) is 60.8 Å². The van der Waals surface area contributed by atoms with Crippen molar-refractivity contribution in [1.82, 2.24) is 14.8 Å². The van der Waals surface area contributed by atoms with Crippen LogP contribution in [0.5, 0.6) is 0 Å². The number of rotatable bonds is 5. The first-order valence-corrected chi connectivity index (χ1v) is 9.56. The fourth-order valence-electron chi connectivity index (χ4n) is 3.20. The van der Waals surface area contributed by atoms with Crippen LogP contribution in [0.25, 0.3) is 16.7 Å². The molecule has 0 saturated heterocycles. The van der Waals surface area contributed by atoms with Gasteiger partial charge in [0.1, 0.15) is 0 Å². The van der Waals surface area contributed by atoms with E-state index >= 15 is 0 Å². The Morgan fingerprint density at radius 1 is 1.14 bits per heavy atom. The van der Waals surface area contributed by atoms with Gasteiger partial charge in [-0.05, 0) is 43.2 Å². The molecule has 4 rings (SSSR count). The first kappa shape index (κ1) is 19.1. The number of halogens is 1. The summed E-state index contributed by atoms with van der Waals surface area (Å²) in [6.45, 7) is 1.93. The summed E-state index contributed by atoms with van der Waals surface area (Å²) < 4.78 is 1.72. The third-order valence-corrected chi connectivity index (χ3v) is 5.06. The van der Waals surface area contributed by atoms with E-state index < -0.39 is 0 Å². The largest absolute Gasteiger partial charge is 0.396 e. The van der Waals surface area contributed by atoms with Crippen LogP contribution in [0.1, 0.15) is 21.6 Å². The number of benzene rings is 2. The third-order valence-electron chi connectivity index (χ3n) is 4.67. The Kier molecular flexibility index (Phi) is 5.29. The van der Waals surface area contributed by atoms with Crippen molar-refractivity contribution in [1.29, 1.82) is 0 Å². The van der Waals surface area contributed by atoms with Crippen LogP contribution in [0.4, 0.5) is 5.69 Å². The molecule has 0 bridgehead atoms. The van der Waals surface area contributed by atoms with Crippen LogP contribution in [-0.2, 0) is 6.42 Å². The molecule has 0 spiro atoms. The number of aliphatic hydroxyl groups excluding tert-OH is 1. The smallest absolute Gasteiger partial charge is 0.258 e. The van der Waals surface area contributed by atoms with E-state index in [-0.39, 0.29) is 18.1 Å². The Morgan fingerprint density at radius 2 is 1.86 bits per heavy atom. The molecule has 29 heavy (non-hydrogen) atoms. The van der Waals surface area contributed by atoms with Gasteiger partial charge in [0, 0.05) is 18.5 Å². The second kappa shape index (κ2) is 8.03. The molecule has 4 aromatic rings. The lowest BCUT2D eigenvalue weighted by atomic mass is 10.1. The zero-order chi connectivity index (χ0) is 20.4. The zero-order valence-electron chi connectivity index (χ0n) is 15.8. The summed E-state index contributed by atoms with van der Waals surface area (Å²) in [6, 6.07) is 17.0. The molecule has 2 N–H and O–H groups in total. The van der Waals surface area contributed by atoms with Gasteiger partial charge in [0.25, 0.3) is 5.91 Å². The first-order valence-electron chi connectivity index (χ1n) is 9.19. The van der Waals surface area contributed by atoms with Crippen molar-refractivity contribution in [2.45, 2.75) is 13.3 Å². The van der Waals surface area contributed by atoms with Crippen molar-refractivity contribution in [2.75, 3.05) is 11.9 Å². The van der Waals surface area contributed by atoms with E-state index in [1.807, 2.05) is 49.4 Å². The van der Waals surface area contributed by atoms with E-state index in [1.165, 1.54) is 6.20 Å². The molecular formula is C22H19ClN4O2. The topological polar surface area (TPSA) is 80.0 Å². The summed E-state index contributed by atoms with van der Waals surface area (Å²) in [7, 11) is 0. The number of nitrogens with one attached hydrogen (secondary N) is 1. The molecule has 2 aromatic heterocycles. The summed E-state index contributed by atoms with van der Waals surface area (Å²) in [5.74, 6) is -0.342. The average Bonchev–Trinajstić information content (AvgIpc) is 3.08. The minimum atomic E-state index is -0.342. The van der Waals surface area contributed by atoms with Gasteiger partial charge in [-0.3, -0.25) is 4.79 Å². The predicted molar refractivity (Wildman–Crippen MR) is 114 cm³/mol. The van der Waals surface area contributed by atoms with Crippen LogP contribution >= 0.6 is 11.6 Å². The molecule has 0 atom stereocenters. The fourth-order valence-corrected chi connectivity index (χ4v) is 3.55. The Morgan fingerprint density at radius 3 is 2.55 bits per heavy atom. The van der Waals surface area contributed by atoms with Crippen LogP contribution in [0, 0.1) is 6.92 Å². The number of hydrogen-bond acceptors (Lipinski definition) is 4. The van der Waals surface area contributed by atoms with Gasteiger partial charge in [-0.1, -0.05) is 41.9 Å². The van der Waals surface area contributed by atoms with E-state index in [0.29, 0.717) is 33.9 Å². The zero-order valence-corrected chi connectivity index (χ0v) is 16.5. The monoisotopic (exact) mass is 406 g/mol. The summed E-state index contributed by atoms with van der Waals surface area (Å²) in [5, 5.41) is 17.4. The molecule has 6 nitrogen and oxygen atoms in total. The van der Waals surface area contributed by atoms with Gasteiger partial charge in [0.05, 0.1) is 27.4 Å². The quantitative estimate of drug-likeness (QED) is 0.521. The number of amides is 1. The van der Waals surface area contributed by atoms with Gasteiger partial charge in [-0.25, -0.2) is 9.67 Å². The Hall–Kier alpha value is -3.22. The molecule has 2 heterocycles. The highest BCUT2D eigenvalue weighted by molar-refractivity contribution is 6.39. The number of hydrogen-bond donors (Lipinski definition) is 2. The number of carbonyl (C=O) groups excluding carboxylic acids is 1. The van der Waals surface area contributed by atoms with Gasteiger partial charge in [0.15, 0.2) is 5.65 Å². The molecule has 146 valence electrons. The number of anilines is 1. The summed E-state index contributed by atoms with van der Waals surface area (Å²) in [4.78, 5) is 17.2. The third kappa shape index (κ3) is 3.72. The maximum absolute atomic E-state index is 12.8. The number of pyridine rings is 1. The van der Waals surface area contributed by atoms with E-state index in [2.05, 4.69) is 15.4 Å². The summed E-state index contributed by atoms with van der Waals surface area (Å²) in [5.41, 5.74) is 4.09. The second-order valence-corrected chi connectivity index (χ2v) is 7.02. The summed E-state index contributed by atoms with van der Waals surface area (Å²) >= 11 is 6.59. The Balaban J connectivity index is 1.67. The number of aromatic nitrogens is 3. The van der Waals surface area contributed by atoms with Crippen LogP contribution in [0.2, 0.25) is 5.02 Å². The molecule has 0 saturated carbocycles. The highest BCUT2D eigenvalue weighted by Crippen LogP contribution is 2.30. The molecule has 0 unspecified atom stereocenters. The molecular weight excluding hydrogens is 388 g/mol. The molecule has 0 fully saturated rings. The van der Waals surface area contributed by atoms with Gasteiger partial charge in [-0.2, -0.15) is 5.10 Å². The van der Waals surface area contributed by atoms with E-state index in [1.54, 1.807) is 16.8 Å². The summed E-state index contributed by atoms with van der Waals surface area (Å²) in [6.07, 6.45) is 2.05. The number of aliphatic hydroxyl groups is 1. The van der Waals surface area contributed by atoms with E-state index in [9.17, 15) is 4.79 Å². The van der Waals surface area contributed by atoms with Crippen molar-refractivity contribution < 1.29 is 9.90 Å². The fraction of sp³-hybridized carbons (Fsp3) is 0.136. The maximum Gasteiger partial charge on any atom is 0.258 e. The number of aryl methyl sites for hydroxylation is 1. The number of nitrogens with zero attached hydrogens (tertiary/aromatic N) is 3. The average molecular weight is 407 g/mol. The Bertz CT molecular complexity index is 1170. The van der Waals surface area contributed by atoms with Gasteiger partial charge < -0.3 is 10.4 Å².